The van der Waals surface area contributed by atoms with Crippen LogP contribution in [0.5, 0.6) is 0 Å². The highest BCUT2D eigenvalue weighted by atomic mass is 32.1. The molecule has 2 rings (SSSR count). The van der Waals surface area contributed by atoms with E-state index in [9.17, 15) is 0 Å². The molecule has 0 amide bonds. The molecule has 0 radical (unpaired) electrons. The molecule has 0 spiro atoms. The molecule has 1 fully saturated rings. The number of hydrogen-bond acceptors (Lipinski definition) is 5. The molecule has 4 nitrogen and oxygen atoms in total. The molecule has 0 bridgehead atoms. The summed E-state index contributed by atoms with van der Waals surface area (Å²) in [5.74, 6) is 6.10. The monoisotopic (exact) mass is 227 g/mol. The van der Waals surface area contributed by atoms with E-state index in [2.05, 4.69) is 15.8 Å². The van der Waals surface area contributed by atoms with Gasteiger partial charge < -0.3 is 4.74 Å². The van der Waals surface area contributed by atoms with Gasteiger partial charge >= 0.3 is 0 Å². The van der Waals surface area contributed by atoms with Crippen LogP contribution < -0.4 is 11.3 Å². The Bertz CT molecular complexity index is 309. The Morgan fingerprint density at radius 3 is 3.20 bits per heavy atom. The van der Waals surface area contributed by atoms with Crippen LogP contribution in [0.3, 0.4) is 0 Å². The Kier molecular flexibility index (Phi) is 3.69. The average Bonchev–Trinajstić information content (AvgIpc) is 2.85. The average molecular weight is 227 g/mol. The Balaban J connectivity index is 1.95. The number of nitrogens with zero attached hydrogens (tertiary/aromatic N) is 1. The molecule has 2 heterocycles. The number of hydrogen-bond donors (Lipinski definition) is 2. The normalized spacial score (nSPS) is 23.2. The van der Waals surface area contributed by atoms with Crippen LogP contribution in [0.15, 0.2) is 5.38 Å². The van der Waals surface area contributed by atoms with Gasteiger partial charge in [-0.2, -0.15) is 0 Å². The molecule has 2 atom stereocenters. The number of hydrazine groups is 1. The van der Waals surface area contributed by atoms with Gasteiger partial charge in [0.15, 0.2) is 0 Å². The predicted molar refractivity (Wildman–Crippen MR) is 60.6 cm³/mol. The molecule has 1 aromatic heterocycles. The van der Waals surface area contributed by atoms with E-state index in [1.165, 1.54) is 0 Å². The third-order valence-electron chi connectivity index (χ3n) is 2.84. The zero-order valence-corrected chi connectivity index (χ0v) is 9.72. The lowest BCUT2D eigenvalue weighted by molar-refractivity contribution is 0.176. The van der Waals surface area contributed by atoms with Crippen LogP contribution in [-0.4, -0.2) is 24.2 Å². The van der Waals surface area contributed by atoms with Crippen LogP contribution in [0.2, 0.25) is 0 Å². The topological polar surface area (TPSA) is 60.2 Å². The van der Waals surface area contributed by atoms with Gasteiger partial charge in [0.25, 0.3) is 0 Å². The minimum absolute atomic E-state index is 0.286. The third-order valence-corrected chi connectivity index (χ3v) is 3.67. The molecule has 1 aliphatic rings. The second kappa shape index (κ2) is 5.03. The van der Waals surface area contributed by atoms with Crippen molar-refractivity contribution in [2.24, 2.45) is 11.8 Å². The first-order chi connectivity index (χ1) is 7.29. The van der Waals surface area contributed by atoms with Gasteiger partial charge in [-0.3, -0.25) is 11.3 Å². The van der Waals surface area contributed by atoms with Gasteiger partial charge in [-0.05, 0) is 13.3 Å². The van der Waals surface area contributed by atoms with Gasteiger partial charge in [0.05, 0.1) is 17.3 Å². The zero-order chi connectivity index (χ0) is 10.7. The van der Waals surface area contributed by atoms with Crippen molar-refractivity contribution in [1.29, 1.82) is 0 Å². The maximum absolute atomic E-state index is 5.58. The summed E-state index contributed by atoms with van der Waals surface area (Å²) >= 11 is 1.69. The minimum atomic E-state index is 0.286. The fraction of sp³-hybridized carbons (Fsp3) is 0.700. The van der Waals surface area contributed by atoms with Gasteiger partial charge in [0, 0.05) is 30.4 Å². The third kappa shape index (κ3) is 2.75. The SMILES string of the molecule is Cc1nc(CC(NN)C2CCOC2)cs1. The fourth-order valence-corrected chi connectivity index (χ4v) is 2.58. The first kappa shape index (κ1) is 11.0. The van der Waals surface area contributed by atoms with Gasteiger partial charge in [0.1, 0.15) is 0 Å². The molecular formula is C10H17N3OS. The molecule has 0 aromatic carbocycles. The lowest BCUT2D eigenvalue weighted by Crippen LogP contribution is -2.42. The highest BCUT2D eigenvalue weighted by molar-refractivity contribution is 7.09. The summed E-state index contributed by atoms with van der Waals surface area (Å²) in [4.78, 5) is 4.45. The molecule has 84 valence electrons. The zero-order valence-electron chi connectivity index (χ0n) is 8.90. The second-order valence-corrected chi connectivity index (χ2v) is 5.02. The molecule has 5 heteroatoms. The van der Waals surface area contributed by atoms with Crippen molar-refractivity contribution in [1.82, 2.24) is 10.4 Å². The quantitative estimate of drug-likeness (QED) is 0.592. The van der Waals surface area contributed by atoms with Crippen molar-refractivity contribution >= 4 is 11.3 Å². The largest absolute Gasteiger partial charge is 0.381 e. The second-order valence-electron chi connectivity index (χ2n) is 3.96. The summed E-state index contributed by atoms with van der Waals surface area (Å²) in [5.41, 5.74) is 4.02. The van der Waals surface area contributed by atoms with E-state index in [-0.39, 0.29) is 6.04 Å². The minimum Gasteiger partial charge on any atom is -0.381 e. The van der Waals surface area contributed by atoms with Crippen molar-refractivity contribution < 1.29 is 4.74 Å². The molecule has 15 heavy (non-hydrogen) atoms. The van der Waals surface area contributed by atoms with Crippen molar-refractivity contribution in [3.63, 3.8) is 0 Å². The summed E-state index contributed by atoms with van der Waals surface area (Å²) in [6.45, 7) is 3.70. The number of aromatic nitrogens is 1. The summed E-state index contributed by atoms with van der Waals surface area (Å²) in [5, 5.41) is 3.22. The molecule has 0 aliphatic carbocycles. The van der Waals surface area contributed by atoms with Crippen molar-refractivity contribution in [2.75, 3.05) is 13.2 Å². The van der Waals surface area contributed by atoms with E-state index in [4.69, 9.17) is 10.6 Å². The summed E-state index contributed by atoms with van der Waals surface area (Å²) in [6.07, 6.45) is 1.99. The smallest absolute Gasteiger partial charge is 0.0897 e. The van der Waals surface area contributed by atoms with Crippen LogP contribution in [0.1, 0.15) is 17.1 Å². The van der Waals surface area contributed by atoms with E-state index >= 15 is 0 Å². The fourth-order valence-electron chi connectivity index (χ4n) is 1.96. The highest BCUT2D eigenvalue weighted by Gasteiger charge is 2.25. The first-order valence-corrected chi connectivity index (χ1v) is 6.12. The van der Waals surface area contributed by atoms with Crippen molar-refractivity contribution in [2.45, 2.75) is 25.8 Å². The van der Waals surface area contributed by atoms with Crippen LogP contribution >= 0.6 is 11.3 Å². The molecule has 1 aromatic rings. The van der Waals surface area contributed by atoms with Gasteiger partial charge in [-0.1, -0.05) is 0 Å². The molecule has 0 saturated carbocycles. The van der Waals surface area contributed by atoms with E-state index in [0.29, 0.717) is 5.92 Å². The lowest BCUT2D eigenvalue weighted by atomic mass is 9.96. The van der Waals surface area contributed by atoms with E-state index in [0.717, 1.165) is 36.8 Å². The van der Waals surface area contributed by atoms with Gasteiger partial charge in [-0.25, -0.2) is 4.98 Å². The van der Waals surface area contributed by atoms with E-state index < -0.39 is 0 Å². The Labute approximate surface area is 93.8 Å². The van der Waals surface area contributed by atoms with E-state index in [1.807, 2.05) is 6.92 Å². The first-order valence-electron chi connectivity index (χ1n) is 5.24. The van der Waals surface area contributed by atoms with Crippen molar-refractivity contribution in [3.8, 4) is 0 Å². The number of nitrogens with two attached hydrogens (primary N) is 1. The van der Waals surface area contributed by atoms with Crippen LogP contribution in [-0.2, 0) is 11.2 Å². The Morgan fingerprint density at radius 1 is 1.80 bits per heavy atom. The van der Waals surface area contributed by atoms with E-state index in [1.54, 1.807) is 11.3 Å². The number of thiazole rings is 1. The van der Waals surface area contributed by atoms with Crippen LogP contribution in [0.4, 0.5) is 0 Å². The van der Waals surface area contributed by atoms with Crippen LogP contribution in [0, 0.1) is 12.8 Å². The summed E-state index contributed by atoms with van der Waals surface area (Å²) < 4.78 is 5.37. The summed E-state index contributed by atoms with van der Waals surface area (Å²) in [7, 11) is 0. The highest BCUT2D eigenvalue weighted by Crippen LogP contribution is 2.20. The van der Waals surface area contributed by atoms with Crippen molar-refractivity contribution in [3.05, 3.63) is 16.1 Å². The number of ether oxygens (including phenoxy) is 1. The summed E-state index contributed by atoms with van der Waals surface area (Å²) in [6, 6.07) is 0.286. The molecule has 2 unspecified atom stereocenters. The number of rotatable bonds is 4. The molecular weight excluding hydrogens is 210 g/mol. The van der Waals surface area contributed by atoms with Gasteiger partial charge in [0.2, 0.25) is 0 Å². The standard InChI is InChI=1S/C10H17N3OS/c1-7-12-9(6-15-7)4-10(13-11)8-2-3-14-5-8/h6,8,10,13H,2-5,11H2,1H3. The lowest BCUT2D eigenvalue weighted by Gasteiger charge is -2.20. The maximum Gasteiger partial charge on any atom is 0.0897 e. The predicted octanol–water partition coefficient (Wildman–Crippen LogP) is 0.862. The molecule has 1 aliphatic heterocycles. The number of aryl methyl sites for hydroxylation is 1. The van der Waals surface area contributed by atoms with Gasteiger partial charge in [-0.15, -0.1) is 11.3 Å². The Morgan fingerprint density at radius 2 is 2.67 bits per heavy atom. The number of nitrogens with one attached hydrogen (secondary N) is 1. The molecule has 1 saturated heterocycles. The van der Waals surface area contributed by atoms with Crippen LogP contribution in [0.25, 0.3) is 0 Å². The molecule has 3 N–H and O–H groups in total. The Hall–Kier alpha value is -0.490. The maximum atomic E-state index is 5.58.